The van der Waals surface area contributed by atoms with Crippen molar-refractivity contribution in [2.24, 2.45) is 0 Å². The lowest BCUT2D eigenvalue weighted by molar-refractivity contribution is -0.113. The van der Waals surface area contributed by atoms with E-state index in [0.717, 1.165) is 28.4 Å². The number of carbonyl (C=O) groups is 1. The predicted molar refractivity (Wildman–Crippen MR) is 138 cm³/mol. The molecule has 4 aromatic rings. The van der Waals surface area contributed by atoms with Gasteiger partial charge in [-0.15, -0.1) is 21.5 Å². The van der Waals surface area contributed by atoms with E-state index in [1.165, 1.54) is 23.1 Å². The summed E-state index contributed by atoms with van der Waals surface area (Å²) in [6.07, 6.45) is -0.279. The molecule has 0 saturated heterocycles. The van der Waals surface area contributed by atoms with Crippen LogP contribution >= 0.6 is 34.7 Å². The van der Waals surface area contributed by atoms with E-state index in [2.05, 4.69) is 20.5 Å². The molecule has 0 saturated carbocycles. The largest absolute Gasteiger partial charge is 0.482 e. The molecule has 4 rings (SSSR count). The van der Waals surface area contributed by atoms with E-state index in [-0.39, 0.29) is 17.8 Å². The number of hydrogen-bond donors (Lipinski definition) is 1. The maximum Gasteiger partial charge on any atom is 0.236 e. The smallest absolute Gasteiger partial charge is 0.236 e. The number of aryl methyl sites for hydroxylation is 1. The summed E-state index contributed by atoms with van der Waals surface area (Å²) in [5.74, 6) is 1.58. The average Bonchev–Trinajstić information content (AvgIpc) is 3.46. The number of rotatable bonds is 9. The number of amides is 1. The summed E-state index contributed by atoms with van der Waals surface area (Å²) in [7, 11) is 0. The molecule has 7 nitrogen and oxygen atoms in total. The van der Waals surface area contributed by atoms with Gasteiger partial charge in [-0.2, -0.15) is 0 Å². The number of ether oxygens (including phenoxy) is 1. The van der Waals surface area contributed by atoms with Crippen molar-refractivity contribution in [2.45, 2.75) is 38.6 Å². The van der Waals surface area contributed by atoms with E-state index in [1.54, 1.807) is 0 Å². The third-order valence-corrected chi connectivity index (χ3v) is 7.02. The number of anilines is 1. The second kappa shape index (κ2) is 11.0. The zero-order valence-corrected chi connectivity index (χ0v) is 21.4. The monoisotopic (exact) mass is 513 g/mol. The van der Waals surface area contributed by atoms with Crippen molar-refractivity contribution in [1.82, 2.24) is 19.7 Å². The van der Waals surface area contributed by atoms with Crippen LogP contribution < -0.4 is 10.1 Å². The molecule has 176 valence electrons. The Bertz CT molecular complexity index is 1270. The van der Waals surface area contributed by atoms with Gasteiger partial charge in [-0.05, 0) is 44.5 Å². The van der Waals surface area contributed by atoms with Gasteiger partial charge in [0, 0.05) is 22.5 Å². The van der Waals surface area contributed by atoms with Crippen LogP contribution in [0.1, 0.15) is 31.3 Å². The van der Waals surface area contributed by atoms with E-state index < -0.39 is 0 Å². The molecule has 2 aromatic carbocycles. The second-order valence-electron chi connectivity index (χ2n) is 7.49. The molecule has 0 aliphatic carbocycles. The molecule has 0 fully saturated rings. The highest BCUT2D eigenvalue weighted by atomic mass is 35.5. The highest BCUT2D eigenvalue weighted by molar-refractivity contribution is 7.99. The van der Waals surface area contributed by atoms with Crippen LogP contribution in [0.2, 0.25) is 5.02 Å². The van der Waals surface area contributed by atoms with Gasteiger partial charge >= 0.3 is 0 Å². The van der Waals surface area contributed by atoms with Gasteiger partial charge in [-0.3, -0.25) is 4.79 Å². The van der Waals surface area contributed by atoms with Gasteiger partial charge in [-0.25, -0.2) is 4.98 Å². The highest BCUT2D eigenvalue weighted by Crippen LogP contribution is 2.28. The molecule has 10 heteroatoms. The summed E-state index contributed by atoms with van der Waals surface area (Å²) < 4.78 is 8.09. The Balaban J connectivity index is 1.36. The van der Waals surface area contributed by atoms with Gasteiger partial charge in [0.25, 0.3) is 0 Å². The number of para-hydroxylation sites is 1. The SMILES string of the molecule is CCn1c(SCC(=O)Nc2nc(-c3ccc(Cl)cc3)cs2)nnc1C(C)Oc1ccccc1C. The second-order valence-corrected chi connectivity index (χ2v) is 9.73. The van der Waals surface area contributed by atoms with Gasteiger partial charge in [0.2, 0.25) is 5.91 Å². The van der Waals surface area contributed by atoms with Gasteiger partial charge in [0.15, 0.2) is 22.2 Å². The number of nitrogens with zero attached hydrogens (tertiary/aromatic N) is 4. The number of aromatic nitrogens is 4. The Hall–Kier alpha value is -2.88. The molecule has 1 N–H and O–H groups in total. The number of nitrogens with one attached hydrogen (secondary N) is 1. The Morgan fingerprint density at radius 3 is 2.71 bits per heavy atom. The molecule has 34 heavy (non-hydrogen) atoms. The fraction of sp³-hybridized carbons (Fsp3) is 0.250. The molecule has 0 spiro atoms. The Labute approximate surface area is 211 Å². The van der Waals surface area contributed by atoms with Crippen LogP contribution in [0.3, 0.4) is 0 Å². The van der Waals surface area contributed by atoms with Crippen molar-refractivity contribution in [3.63, 3.8) is 0 Å². The fourth-order valence-electron chi connectivity index (χ4n) is 3.31. The van der Waals surface area contributed by atoms with Gasteiger partial charge in [0.1, 0.15) is 5.75 Å². The summed E-state index contributed by atoms with van der Waals surface area (Å²) in [5.41, 5.74) is 2.80. The summed E-state index contributed by atoms with van der Waals surface area (Å²) in [4.78, 5) is 17.0. The summed E-state index contributed by atoms with van der Waals surface area (Å²) in [6, 6.07) is 15.3. The van der Waals surface area contributed by atoms with Crippen LogP contribution in [0.15, 0.2) is 59.1 Å². The van der Waals surface area contributed by atoms with Crippen molar-refractivity contribution in [3.8, 4) is 17.0 Å². The lowest BCUT2D eigenvalue weighted by Gasteiger charge is -2.16. The average molecular weight is 514 g/mol. The van der Waals surface area contributed by atoms with E-state index in [1.807, 2.05) is 79.2 Å². The summed E-state index contributed by atoms with van der Waals surface area (Å²) in [6.45, 7) is 6.65. The minimum Gasteiger partial charge on any atom is -0.482 e. The van der Waals surface area contributed by atoms with E-state index in [0.29, 0.717) is 21.9 Å². The lowest BCUT2D eigenvalue weighted by Crippen LogP contribution is -2.15. The first-order valence-corrected chi connectivity index (χ1v) is 13.0. The van der Waals surface area contributed by atoms with Crippen LogP contribution in [0.25, 0.3) is 11.3 Å². The fourth-order valence-corrected chi connectivity index (χ4v) is 4.98. The van der Waals surface area contributed by atoms with Gasteiger partial charge in [-0.1, -0.05) is 53.7 Å². The van der Waals surface area contributed by atoms with Crippen LogP contribution in [-0.4, -0.2) is 31.4 Å². The van der Waals surface area contributed by atoms with Crippen LogP contribution in [0.5, 0.6) is 5.75 Å². The predicted octanol–water partition coefficient (Wildman–Crippen LogP) is 6.25. The van der Waals surface area contributed by atoms with Crippen LogP contribution in [-0.2, 0) is 11.3 Å². The van der Waals surface area contributed by atoms with Crippen molar-refractivity contribution in [1.29, 1.82) is 0 Å². The molecule has 1 unspecified atom stereocenters. The molecule has 0 bridgehead atoms. The molecular formula is C24H24ClN5O2S2. The van der Waals surface area contributed by atoms with E-state index in [9.17, 15) is 4.79 Å². The quantitative estimate of drug-likeness (QED) is 0.266. The number of carbonyl (C=O) groups excluding carboxylic acids is 1. The van der Waals surface area contributed by atoms with Crippen molar-refractivity contribution in [3.05, 3.63) is 70.3 Å². The van der Waals surface area contributed by atoms with Crippen molar-refractivity contribution in [2.75, 3.05) is 11.1 Å². The number of thiazole rings is 1. The zero-order valence-electron chi connectivity index (χ0n) is 19.0. The maximum atomic E-state index is 12.5. The van der Waals surface area contributed by atoms with Crippen LogP contribution in [0.4, 0.5) is 5.13 Å². The lowest BCUT2D eigenvalue weighted by atomic mass is 10.2. The zero-order chi connectivity index (χ0) is 24.1. The molecule has 2 heterocycles. The minimum atomic E-state index is -0.279. The number of halogens is 1. The summed E-state index contributed by atoms with van der Waals surface area (Å²) >= 11 is 8.66. The maximum absolute atomic E-state index is 12.5. The Morgan fingerprint density at radius 2 is 1.97 bits per heavy atom. The molecule has 0 aliphatic heterocycles. The molecule has 0 radical (unpaired) electrons. The van der Waals surface area contributed by atoms with Crippen molar-refractivity contribution < 1.29 is 9.53 Å². The molecule has 1 amide bonds. The third kappa shape index (κ3) is 5.78. The highest BCUT2D eigenvalue weighted by Gasteiger charge is 2.20. The Kier molecular flexibility index (Phi) is 7.87. The first-order valence-electron chi connectivity index (χ1n) is 10.7. The van der Waals surface area contributed by atoms with E-state index in [4.69, 9.17) is 16.3 Å². The Morgan fingerprint density at radius 1 is 1.21 bits per heavy atom. The number of hydrogen-bond acceptors (Lipinski definition) is 7. The summed E-state index contributed by atoms with van der Waals surface area (Å²) in [5, 5.41) is 15.3. The van der Waals surface area contributed by atoms with Gasteiger partial charge < -0.3 is 14.6 Å². The standard InChI is InChI=1S/C24H24ClN5O2S2/c1-4-30-22(16(3)32-20-8-6-5-7-15(20)2)28-29-24(30)34-14-21(31)27-23-26-19(13-33-23)17-9-11-18(25)12-10-17/h5-13,16H,4,14H2,1-3H3,(H,26,27,31). The number of thioether (sulfide) groups is 1. The molecule has 2 aromatic heterocycles. The van der Waals surface area contributed by atoms with Crippen molar-refractivity contribution >= 4 is 45.7 Å². The topological polar surface area (TPSA) is 81.9 Å². The molecule has 0 aliphatic rings. The molecule has 1 atom stereocenters. The number of benzene rings is 2. The first kappa shape index (κ1) is 24.3. The van der Waals surface area contributed by atoms with Crippen LogP contribution in [0, 0.1) is 6.92 Å². The first-order chi connectivity index (χ1) is 16.4. The minimum absolute atomic E-state index is 0.154. The normalized spacial score (nSPS) is 11.9. The van der Waals surface area contributed by atoms with Gasteiger partial charge in [0.05, 0.1) is 11.4 Å². The third-order valence-electron chi connectivity index (χ3n) is 5.05. The molecular weight excluding hydrogens is 490 g/mol. The van der Waals surface area contributed by atoms with E-state index >= 15 is 0 Å².